The van der Waals surface area contributed by atoms with E-state index in [0.717, 1.165) is 43.3 Å². The van der Waals surface area contributed by atoms with E-state index in [-0.39, 0.29) is 5.56 Å². The molecule has 1 aliphatic rings. The van der Waals surface area contributed by atoms with Gasteiger partial charge < -0.3 is 24.7 Å². The summed E-state index contributed by atoms with van der Waals surface area (Å²) in [7, 11) is 1.49. The van der Waals surface area contributed by atoms with Gasteiger partial charge in [-0.25, -0.2) is 9.78 Å². The molecule has 2 N–H and O–H groups in total. The average molecular weight is 486 g/mol. The topological polar surface area (TPSA) is 110 Å². The zero-order valence-corrected chi connectivity index (χ0v) is 20.2. The van der Waals surface area contributed by atoms with Crippen molar-refractivity contribution in [1.82, 2.24) is 9.97 Å². The largest absolute Gasteiger partial charge is 0.493 e. The predicted molar refractivity (Wildman–Crippen MR) is 140 cm³/mol. The van der Waals surface area contributed by atoms with Gasteiger partial charge in [0.05, 0.1) is 7.11 Å². The molecule has 0 spiro atoms. The summed E-state index contributed by atoms with van der Waals surface area (Å²) < 4.78 is 10.6. The molecule has 1 fully saturated rings. The summed E-state index contributed by atoms with van der Waals surface area (Å²) in [6.45, 7) is 3.90. The molecule has 0 unspecified atom stereocenters. The Morgan fingerprint density at radius 1 is 1.00 bits per heavy atom. The van der Waals surface area contributed by atoms with Crippen LogP contribution in [0.25, 0.3) is 11.0 Å². The van der Waals surface area contributed by atoms with E-state index in [1.807, 2.05) is 25.1 Å². The van der Waals surface area contributed by atoms with Gasteiger partial charge in [-0.2, -0.15) is 4.98 Å². The number of aryl methyl sites for hydroxylation is 1. The van der Waals surface area contributed by atoms with E-state index in [4.69, 9.17) is 9.15 Å². The molecule has 4 aromatic rings. The van der Waals surface area contributed by atoms with Gasteiger partial charge in [0.2, 0.25) is 5.95 Å². The Hall–Kier alpha value is -4.40. The highest BCUT2D eigenvalue weighted by Crippen LogP contribution is 2.25. The molecule has 1 saturated heterocycles. The van der Waals surface area contributed by atoms with Crippen LogP contribution in [0.4, 0.5) is 23.1 Å². The van der Waals surface area contributed by atoms with E-state index >= 15 is 0 Å². The molecule has 184 valence electrons. The number of nitrogens with zero attached hydrogens (tertiary/aromatic N) is 3. The minimum absolute atomic E-state index is 0.0837. The Bertz CT molecular complexity index is 1460. The molecule has 0 bridgehead atoms. The Balaban J connectivity index is 1.30. The van der Waals surface area contributed by atoms with E-state index in [9.17, 15) is 9.59 Å². The molecule has 0 aliphatic carbocycles. The molecular weight excluding hydrogens is 458 g/mol. The third-order valence-corrected chi connectivity index (χ3v) is 6.08. The van der Waals surface area contributed by atoms with Crippen molar-refractivity contribution in [3.8, 4) is 5.75 Å². The van der Waals surface area contributed by atoms with E-state index in [1.54, 1.807) is 30.3 Å². The lowest BCUT2D eigenvalue weighted by Crippen LogP contribution is -2.31. The molecule has 2 aromatic heterocycles. The molecule has 1 aliphatic heterocycles. The Morgan fingerprint density at radius 2 is 1.75 bits per heavy atom. The molecule has 1 amide bonds. The fourth-order valence-electron chi connectivity index (χ4n) is 4.27. The van der Waals surface area contributed by atoms with Crippen LogP contribution in [0.5, 0.6) is 5.75 Å². The van der Waals surface area contributed by atoms with Gasteiger partial charge in [0.15, 0.2) is 11.3 Å². The van der Waals surface area contributed by atoms with Crippen LogP contribution in [0.3, 0.4) is 0 Å². The van der Waals surface area contributed by atoms with Gasteiger partial charge in [-0.05, 0) is 62.6 Å². The molecule has 9 heteroatoms. The van der Waals surface area contributed by atoms with Gasteiger partial charge in [-0.3, -0.25) is 4.79 Å². The van der Waals surface area contributed by atoms with Crippen LogP contribution in [0, 0.1) is 6.92 Å². The zero-order chi connectivity index (χ0) is 25.1. The highest BCUT2D eigenvalue weighted by molar-refractivity contribution is 6.05. The van der Waals surface area contributed by atoms with Crippen molar-refractivity contribution in [2.75, 3.05) is 35.7 Å². The minimum Gasteiger partial charge on any atom is -0.493 e. The number of ether oxygens (including phenoxy) is 1. The number of carbonyl (C=O) groups excluding carboxylic acids is 1. The van der Waals surface area contributed by atoms with Crippen LogP contribution in [0.2, 0.25) is 0 Å². The number of amides is 1. The summed E-state index contributed by atoms with van der Waals surface area (Å²) in [5.41, 5.74) is 1.74. The van der Waals surface area contributed by atoms with E-state index < -0.39 is 11.5 Å². The number of rotatable bonds is 6. The summed E-state index contributed by atoms with van der Waals surface area (Å²) in [4.78, 5) is 36.8. The van der Waals surface area contributed by atoms with Crippen molar-refractivity contribution in [2.24, 2.45) is 0 Å². The highest BCUT2D eigenvalue weighted by Gasteiger charge is 2.17. The molecule has 36 heavy (non-hydrogen) atoms. The standard InChI is InChI=1S/C27H27N5O4/c1-17-15-23(31-27(28-17)32-13-4-3-5-14-32)29-19-9-11-20(12-10-19)30-25(33)21-16-18-7-6-8-22(35-2)24(18)36-26(21)34/h6-12,15-16H,3-5,13-14H2,1-2H3,(H,30,33)(H,28,29,31). The first-order chi connectivity index (χ1) is 17.5. The summed E-state index contributed by atoms with van der Waals surface area (Å²) in [5, 5.41) is 6.66. The van der Waals surface area contributed by atoms with Crippen molar-refractivity contribution in [3.63, 3.8) is 0 Å². The zero-order valence-electron chi connectivity index (χ0n) is 20.2. The molecule has 9 nitrogen and oxygen atoms in total. The van der Waals surface area contributed by atoms with Gasteiger partial charge in [0.1, 0.15) is 11.4 Å². The lowest BCUT2D eigenvalue weighted by atomic mass is 10.1. The molecule has 3 heterocycles. The van der Waals surface area contributed by atoms with Crippen molar-refractivity contribution < 1.29 is 13.9 Å². The number of nitrogens with one attached hydrogen (secondary N) is 2. The quantitative estimate of drug-likeness (QED) is 0.372. The third kappa shape index (κ3) is 5.00. The molecule has 0 radical (unpaired) electrons. The molecule has 0 saturated carbocycles. The summed E-state index contributed by atoms with van der Waals surface area (Å²) in [5.74, 6) is 1.34. The summed E-state index contributed by atoms with van der Waals surface area (Å²) in [6.07, 6.45) is 3.56. The maximum atomic E-state index is 12.8. The number of hydrogen-bond donors (Lipinski definition) is 2. The lowest BCUT2D eigenvalue weighted by Gasteiger charge is -2.27. The van der Waals surface area contributed by atoms with Crippen molar-refractivity contribution in [2.45, 2.75) is 26.2 Å². The van der Waals surface area contributed by atoms with Crippen LogP contribution in [0.15, 0.2) is 63.8 Å². The predicted octanol–water partition coefficient (Wildman–Crippen LogP) is 4.89. The molecular formula is C27H27N5O4. The van der Waals surface area contributed by atoms with Crippen molar-refractivity contribution in [1.29, 1.82) is 0 Å². The molecule has 0 atom stereocenters. The Kier molecular flexibility index (Phi) is 6.53. The lowest BCUT2D eigenvalue weighted by molar-refractivity contribution is 0.102. The van der Waals surface area contributed by atoms with Gasteiger partial charge in [0.25, 0.3) is 5.91 Å². The number of piperidine rings is 1. The maximum absolute atomic E-state index is 12.8. The minimum atomic E-state index is -0.730. The van der Waals surface area contributed by atoms with Gasteiger partial charge in [0, 0.05) is 41.6 Å². The first kappa shape index (κ1) is 23.3. The molecule has 5 rings (SSSR count). The fraction of sp³-hybridized carbons (Fsp3) is 0.259. The summed E-state index contributed by atoms with van der Waals surface area (Å²) in [6, 6.07) is 15.8. The van der Waals surface area contributed by atoms with E-state index in [0.29, 0.717) is 28.2 Å². The average Bonchev–Trinajstić information content (AvgIpc) is 2.89. The highest BCUT2D eigenvalue weighted by atomic mass is 16.5. The number of hydrogen-bond acceptors (Lipinski definition) is 8. The van der Waals surface area contributed by atoms with Gasteiger partial charge in [-0.15, -0.1) is 0 Å². The van der Waals surface area contributed by atoms with Crippen LogP contribution in [-0.4, -0.2) is 36.1 Å². The second-order valence-electron chi connectivity index (χ2n) is 8.72. The number of carbonyl (C=O) groups is 1. The first-order valence-electron chi connectivity index (χ1n) is 11.9. The monoisotopic (exact) mass is 485 g/mol. The number of anilines is 4. The first-order valence-corrected chi connectivity index (χ1v) is 11.9. The second-order valence-corrected chi connectivity index (χ2v) is 8.72. The number of benzene rings is 2. The number of aromatic nitrogens is 2. The number of para-hydroxylation sites is 1. The van der Waals surface area contributed by atoms with Crippen molar-refractivity contribution in [3.05, 3.63) is 76.3 Å². The molecule has 2 aromatic carbocycles. The smallest absolute Gasteiger partial charge is 0.349 e. The Labute approximate surface area is 208 Å². The second kappa shape index (κ2) is 10.1. The van der Waals surface area contributed by atoms with E-state index in [1.165, 1.54) is 19.6 Å². The number of methoxy groups -OCH3 is 1. The van der Waals surface area contributed by atoms with Crippen LogP contribution in [-0.2, 0) is 0 Å². The normalized spacial score (nSPS) is 13.4. The SMILES string of the molecule is COc1cccc2cc(C(=O)Nc3ccc(Nc4cc(C)nc(N5CCCCC5)n4)cc3)c(=O)oc12. The van der Waals surface area contributed by atoms with Crippen LogP contribution >= 0.6 is 0 Å². The van der Waals surface area contributed by atoms with Crippen molar-refractivity contribution >= 4 is 40.0 Å². The van der Waals surface area contributed by atoms with Gasteiger partial charge in [-0.1, -0.05) is 12.1 Å². The van der Waals surface area contributed by atoms with Crippen LogP contribution in [0.1, 0.15) is 35.3 Å². The maximum Gasteiger partial charge on any atom is 0.349 e. The Morgan fingerprint density at radius 3 is 2.50 bits per heavy atom. The fourth-order valence-corrected chi connectivity index (χ4v) is 4.27. The number of fused-ring (bicyclic) bond motifs is 1. The van der Waals surface area contributed by atoms with E-state index in [2.05, 4.69) is 25.5 Å². The summed E-state index contributed by atoms with van der Waals surface area (Å²) >= 11 is 0. The van der Waals surface area contributed by atoms with Gasteiger partial charge >= 0.3 is 5.63 Å². The van der Waals surface area contributed by atoms with Crippen LogP contribution < -0.4 is 25.9 Å². The third-order valence-electron chi connectivity index (χ3n) is 6.08.